The fourth-order valence-corrected chi connectivity index (χ4v) is 5.19. The number of sulfonamides is 1. The van der Waals surface area contributed by atoms with E-state index in [1.54, 1.807) is 26.0 Å². The molecule has 1 aliphatic heterocycles. The van der Waals surface area contributed by atoms with Gasteiger partial charge in [0.2, 0.25) is 10.0 Å². The predicted molar refractivity (Wildman–Crippen MR) is 116 cm³/mol. The molecule has 1 N–H and O–H groups in total. The van der Waals surface area contributed by atoms with E-state index in [-0.39, 0.29) is 16.3 Å². The fraction of sp³-hybridized carbons (Fsp3) is 0.400. The Morgan fingerprint density at radius 1 is 1.00 bits per heavy atom. The molecule has 3 rings (SSSR count). The molecule has 1 aliphatic rings. The number of nitro groups is 1. The molecule has 1 heterocycles. The normalized spacial score (nSPS) is 14.9. The molecule has 1 saturated heterocycles. The maximum atomic E-state index is 12.7. The second kappa shape index (κ2) is 8.88. The van der Waals surface area contributed by atoms with E-state index in [0.717, 1.165) is 11.8 Å². The maximum Gasteiger partial charge on any atom is 0.293 e. The molecular weight excluding hydrogens is 408 g/mol. The smallest absolute Gasteiger partial charge is 0.293 e. The SMILES string of the molecule is CCN(CC)S(=O)(=O)c1ccc(N2CCN(c3ccccc3O)CC2)c([N+](=O)[O-])c1. The van der Waals surface area contributed by atoms with Crippen LogP contribution in [-0.2, 0) is 10.0 Å². The minimum absolute atomic E-state index is 0.0745. The largest absolute Gasteiger partial charge is 0.506 e. The molecule has 0 atom stereocenters. The number of rotatable bonds is 7. The predicted octanol–water partition coefficient (Wildman–Crippen LogP) is 2.66. The Bertz CT molecular complexity index is 1020. The van der Waals surface area contributed by atoms with Crippen molar-refractivity contribution in [1.29, 1.82) is 0 Å². The molecule has 0 aliphatic carbocycles. The average Bonchev–Trinajstić information content (AvgIpc) is 2.74. The Labute approximate surface area is 176 Å². The van der Waals surface area contributed by atoms with Gasteiger partial charge >= 0.3 is 0 Å². The average molecular weight is 435 g/mol. The van der Waals surface area contributed by atoms with Crippen LogP contribution in [0.2, 0.25) is 0 Å². The standard InChI is InChI=1S/C20H26N4O5S/c1-3-23(4-2)30(28,29)16-9-10-17(19(15-16)24(26)27)21-11-13-22(14-12-21)18-7-5-6-8-20(18)25/h5-10,15,25H,3-4,11-14H2,1-2H3. The quantitative estimate of drug-likeness (QED) is 0.527. The molecule has 0 aromatic heterocycles. The third kappa shape index (κ3) is 4.19. The van der Waals surface area contributed by atoms with E-state index in [4.69, 9.17) is 0 Å². The zero-order chi connectivity index (χ0) is 21.9. The first-order chi connectivity index (χ1) is 14.3. The van der Waals surface area contributed by atoms with Crippen molar-refractivity contribution in [2.45, 2.75) is 18.7 Å². The fourth-order valence-electron chi connectivity index (χ4n) is 3.71. The number of nitrogens with zero attached hydrogens (tertiary/aromatic N) is 4. The van der Waals surface area contributed by atoms with Gasteiger partial charge in [-0.3, -0.25) is 10.1 Å². The van der Waals surface area contributed by atoms with Crippen molar-refractivity contribution < 1.29 is 18.4 Å². The molecule has 2 aromatic rings. The number of hydrogen-bond acceptors (Lipinski definition) is 7. The van der Waals surface area contributed by atoms with Crippen LogP contribution in [0.3, 0.4) is 0 Å². The third-order valence-electron chi connectivity index (χ3n) is 5.33. The van der Waals surface area contributed by atoms with E-state index in [1.165, 1.54) is 16.4 Å². The van der Waals surface area contributed by atoms with Gasteiger partial charge in [0.25, 0.3) is 5.69 Å². The van der Waals surface area contributed by atoms with Crippen LogP contribution >= 0.6 is 0 Å². The number of nitro benzene ring substituents is 1. The number of piperazine rings is 1. The molecule has 0 spiro atoms. The highest BCUT2D eigenvalue weighted by atomic mass is 32.2. The minimum atomic E-state index is -3.78. The van der Waals surface area contributed by atoms with Crippen LogP contribution < -0.4 is 9.80 Å². The zero-order valence-corrected chi connectivity index (χ0v) is 17.9. The van der Waals surface area contributed by atoms with Crippen molar-refractivity contribution >= 4 is 27.1 Å². The van der Waals surface area contributed by atoms with Crippen LogP contribution in [-0.4, -0.2) is 62.0 Å². The summed E-state index contributed by atoms with van der Waals surface area (Å²) in [6.07, 6.45) is 0. The van der Waals surface area contributed by atoms with E-state index < -0.39 is 14.9 Å². The van der Waals surface area contributed by atoms with Crippen molar-refractivity contribution in [2.75, 3.05) is 49.1 Å². The first kappa shape index (κ1) is 21.8. The first-order valence-corrected chi connectivity index (χ1v) is 11.3. The van der Waals surface area contributed by atoms with Gasteiger partial charge in [-0.2, -0.15) is 4.31 Å². The van der Waals surface area contributed by atoms with Gasteiger partial charge < -0.3 is 14.9 Å². The number of para-hydroxylation sites is 2. The highest BCUT2D eigenvalue weighted by molar-refractivity contribution is 7.89. The molecule has 0 amide bonds. The number of hydrogen-bond donors (Lipinski definition) is 1. The lowest BCUT2D eigenvalue weighted by molar-refractivity contribution is -0.384. The molecule has 0 bridgehead atoms. The summed E-state index contributed by atoms with van der Waals surface area (Å²) in [5.74, 6) is 0.197. The van der Waals surface area contributed by atoms with E-state index in [9.17, 15) is 23.6 Å². The second-order valence-electron chi connectivity index (χ2n) is 6.96. The number of phenols is 1. The number of anilines is 2. The Kier molecular flexibility index (Phi) is 6.47. The van der Waals surface area contributed by atoms with E-state index in [2.05, 4.69) is 0 Å². The monoisotopic (exact) mass is 434 g/mol. The van der Waals surface area contributed by atoms with Gasteiger partial charge in [-0.1, -0.05) is 26.0 Å². The molecule has 0 saturated carbocycles. The van der Waals surface area contributed by atoms with Crippen LogP contribution in [0.1, 0.15) is 13.8 Å². The van der Waals surface area contributed by atoms with Crippen molar-refractivity contribution in [2.24, 2.45) is 0 Å². The van der Waals surface area contributed by atoms with Gasteiger partial charge in [0, 0.05) is 45.3 Å². The molecule has 10 heteroatoms. The molecule has 1 fully saturated rings. The summed E-state index contributed by atoms with van der Waals surface area (Å²) < 4.78 is 26.8. The van der Waals surface area contributed by atoms with E-state index >= 15 is 0 Å². The van der Waals surface area contributed by atoms with Crippen LogP contribution in [0, 0.1) is 10.1 Å². The summed E-state index contributed by atoms with van der Waals surface area (Å²) in [4.78, 5) is 15.0. The van der Waals surface area contributed by atoms with Gasteiger partial charge in [0.1, 0.15) is 11.4 Å². The van der Waals surface area contributed by atoms with Gasteiger partial charge in [-0.15, -0.1) is 0 Å². The second-order valence-corrected chi connectivity index (χ2v) is 8.90. The molecule has 0 unspecified atom stereocenters. The first-order valence-electron chi connectivity index (χ1n) is 9.86. The number of benzene rings is 2. The Balaban J connectivity index is 1.85. The summed E-state index contributed by atoms with van der Waals surface area (Å²) in [7, 11) is -3.78. The topological polar surface area (TPSA) is 107 Å². The molecule has 30 heavy (non-hydrogen) atoms. The summed E-state index contributed by atoms with van der Waals surface area (Å²) in [5.41, 5.74) is 0.905. The number of aromatic hydroxyl groups is 1. The van der Waals surface area contributed by atoms with Gasteiger partial charge in [-0.05, 0) is 24.3 Å². The molecule has 0 radical (unpaired) electrons. The van der Waals surface area contributed by atoms with Crippen LogP contribution in [0.25, 0.3) is 0 Å². The van der Waals surface area contributed by atoms with Gasteiger partial charge in [0.15, 0.2) is 0 Å². The summed E-state index contributed by atoms with van der Waals surface area (Å²) in [6, 6.07) is 11.2. The lowest BCUT2D eigenvalue weighted by Crippen LogP contribution is -2.46. The lowest BCUT2D eigenvalue weighted by atomic mass is 10.2. The highest BCUT2D eigenvalue weighted by Gasteiger charge is 2.29. The van der Waals surface area contributed by atoms with Crippen molar-refractivity contribution in [3.63, 3.8) is 0 Å². The Morgan fingerprint density at radius 3 is 2.10 bits per heavy atom. The third-order valence-corrected chi connectivity index (χ3v) is 7.38. The van der Waals surface area contributed by atoms with Crippen LogP contribution in [0.15, 0.2) is 47.4 Å². The summed E-state index contributed by atoms with van der Waals surface area (Å²) in [6.45, 7) is 6.23. The Morgan fingerprint density at radius 2 is 1.57 bits per heavy atom. The zero-order valence-electron chi connectivity index (χ0n) is 17.1. The summed E-state index contributed by atoms with van der Waals surface area (Å²) in [5, 5.41) is 21.8. The molecule has 2 aromatic carbocycles. The van der Waals surface area contributed by atoms with Crippen molar-refractivity contribution in [1.82, 2.24) is 4.31 Å². The van der Waals surface area contributed by atoms with Gasteiger partial charge in [0.05, 0.1) is 15.5 Å². The molecular formula is C20H26N4O5S. The van der Waals surface area contributed by atoms with Crippen molar-refractivity contribution in [3.8, 4) is 5.75 Å². The van der Waals surface area contributed by atoms with Crippen molar-refractivity contribution in [3.05, 3.63) is 52.6 Å². The lowest BCUT2D eigenvalue weighted by Gasteiger charge is -2.37. The van der Waals surface area contributed by atoms with E-state index in [1.807, 2.05) is 21.9 Å². The van der Waals surface area contributed by atoms with Gasteiger partial charge in [-0.25, -0.2) is 8.42 Å². The van der Waals surface area contributed by atoms with E-state index in [0.29, 0.717) is 45.0 Å². The highest BCUT2D eigenvalue weighted by Crippen LogP contribution is 2.34. The van der Waals surface area contributed by atoms with Crippen LogP contribution in [0.5, 0.6) is 5.75 Å². The van der Waals surface area contributed by atoms with Crippen LogP contribution in [0.4, 0.5) is 17.1 Å². The summed E-state index contributed by atoms with van der Waals surface area (Å²) >= 11 is 0. The molecule has 162 valence electrons. The maximum absolute atomic E-state index is 12.7. The Hall–Kier alpha value is -2.85. The number of phenolic OH excluding ortho intramolecular Hbond substituents is 1. The molecule has 9 nitrogen and oxygen atoms in total. The minimum Gasteiger partial charge on any atom is -0.506 e.